The number of rotatable bonds is 6. The third-order valence-electron chi connectivity index (χ3n) is 3.29. The van der Waals surface area contributed by atoms with Crippen molar-refractivity contribution in [2.24, 2.45) is 0 Å². The van der Waals surface area contributed by atoms with Gasteiger partial charge in [0.15, 0.2) is 11.6 Å². The maximum atomic E-state index is 13.7. The SMILES string of the molecule is COc1ccc(CN(C)S(=O)(=O)/C=C/c2ccccc2)cc1F. The fourth-order valence-electron chi connectivity index (χ4n) is 1.99. The van der Waals surface area contributed by atoms with Gasteiger partial charge < -0.3 is 4.74 Å². The van der Waals surface area contributed by atoms with E-state index >= 15 is 0 Å². The van der Waals surface area contributed by atoms with Crippen LogP contribution in [0.2, 0.25) is 0 Å². The second-order valence-electron chi connectivity index (χ2n) is 4.98. The Morgan fingerprint density at radius 2 is 1.87 bits per heavy atom. The lowest BCUT2D eigenvalue weighted by molar-refractivity contribution is 0.385. The first-order valence-electron chi connectivity index (χ1n) is 6.94. The van der Waals surface area contributed by atoms with Gasteiger partial charge in [-0.1, -0.05) is 36.4 Å². The van der Waals surface area contributed by atoms with Crippen LogP contribution in [0.25, 0.3) is 6.08 Å². The average Bonchev–Trinajstić information content (AvgIpc) is 2.54. The third kappa shape index (κ3) is 4.64. The number of nitrogens with zero attached hydrogens (tertiary/aromatic N) is 1. The first-order chi connectivity index (χ1) is 10.9. The van der Waals surface area contributed by atoms with E-state index < -0.39 is 15.8 Å². The number of halogens is 1. The number of ether oxygens (including phenoxy) is 1. The van der Waals surface area contributed by atoms with Gasteiger partial charge in [-0.2, -0.15) is 4.31 Å². The van der Waals surface area contributed by atoms with Gasteiger partial charge >= 0.3 is 0 Å². The summed E-state index contributed by atoms with van der Waals surface area (Å²) in [6.45, 7) is 0.0718. The largest absolute Gasteiger partial charge is 0.494 e. The van der Waals surface area contributed by atoms with Crippen molar-refractivity contribution < 1.29 is 17.5 Å². The number of hydrogen-bond acceptors (Lipinski definition) is 3. The molecule has 2 rings (SSSR count). The summed E-state index contributed by atoms with van der Waals surface area (Å²) >= 11 is 0. The Hall–Kier alpha value is -2.18. The summed E-state index contributed by atoms with van der Waals surface area (Å²) in [5, 5.41) is 1.14. The van der Waals surface area contributed by atoms with Crippen LogP contribution in [-0.4, -0.2) is 26.9 Å². The van der Waals surface area contributed by atoms with Gasteiger partial charge in [0.1, 0.15) is 0 Å². The molecule has 0 aliphatic carbocycles. The van der Waals surface area contributed by atoms with Crippen LogP contribution in [0, 0.1) is 5.82 Å². The highest BCUT2D eigenvalue weighted by atomic mass is 32.2. The normalized spacial score (nSPS) is 12.0. The molecular weight excluding hydrogens is 317 g/mol. The summed E-state index contributed by atoms with van der Waals surface area (Å²) in [5.41, 5.74) is 1.34. The van der Waals surface area contributed by atoms with E-state index in [-0.39, 0.29) is 12.3 Å². The van der Waals surface area contributed by atoms with Crippen molar-refractivity contribution in [3.63, 3.8) is 0 Å². The van der Waals surface area contributed by atoms with Gasteiger partial charge in [0, 0.05) is 19.0 Å². The minimum absolute atomic E-state index is 0.0718. The van der Waals surface area contributed by atoms with Crippen molar-refractivity contribution >= 4 is 16.1 Å². The standard InChI is InChI=1S/C17H18FNO3S/c1-19(13-15-8-9-17(22-2)16(18)12-15)23(20,21)11-10-14-6-4-3-5-7-14/h3-12H,13H2,1-2H3/b11-10+. The Labute approximate surface area is 135 Å². The van der Waals surface area contributed by atoms with E-state index in [2.05, 4.69) is 0 Å². The van der Waals surface area contributed by atoms with Crippen molar-refractivity contribution in [1.82, 2.24) is 4.31 Å². The molecule has 0 bridgehead atoms. The van der Waals surface area contributed by atoms with E-state index in [1.165, 1.54) is 32.4 Å². The summed E-state index contributed by atoms with van der Waals surface area (Å²) in [6.07, 6.45) is 1.53. The van der Waals surface area contributed by atoms with E-state index in [0.29, 0.717) is 5.56 Å². The molecule has 4 nitrogen and oxygen atoms in total. The molecule has 122 valence electrons. The summed E-state index contributed by atoms with van der Waals surface area (Å²) in [6, 6.07) is 13.5. The molecule has 0 radical (unpaired) electrons. The molecule has 6 heteroatoms. The number of sulfonamides is 1. The fraction of sp³-hybridized carbons (Fsp3) is 0.176. The minimum atomic E-state index is -3.59. The van der Waals surface area contributed by atoms with Crippen molar-refractivity contribution in [1.29, 1.82) is 0 Å². The zero-order valence-electron chi connectivity index (χ0n) is 12.9. The first-order valence-corrected chi connectivity index (χ1v) is 8.44. The van der Waals surface area contributed by atoms with Crippen LogP contribution in [0.5, 0.6) is 5.75 Å². The topological polar surface area (TPSA) is 46.6 Å². The van der Waals surface area contributed by atoms with Gasteiger partial charge in [0.25, 0.3) is 0 Å². The molecular formula is C17H18FNO3S. The van der Waals surface area contributed by atoms with Crippen LogP contribution in [0.15, 0.2) is 53.9 Å². The van der Waals surface area contributed by atoms with Crippen LogP contribution >= 0.6 is 0 Å². The highest BCUT2D eigenvalue weighted by molar-refractivity contribution is 7.92. The maximum Gasteiger partial charge on any atom is 0.236 e. The first kappa shape index (κ1) is 17.2. The smallest absolute Gasteiger partial charge is 0.236 e. The van der Waals surface area contributed by atoms with Gasteiger partial charge in [0.05, 0.1) is 7.11 Å². The van der Waals surface area contributed by atoms with Crippen molar-refractivity contribution in [3.05, 3.63) is 70.9 Å². The van der Waals surface area contributed by atoms with Gasteiger partial charge in [-0.05, 0) is 29.3 Å². The molecule has 23 heavy (non-hydrogen) atoms. The molecule has 0 atom stereocenters. The van der Waals surface area contributed by atoms with Crippen LogP contribution in [0.1, 0.15) is 11.1 Å². The van der Waals surface area contributed by atoms with E-state index in [1.54, 1.807) is 6.07 Å². The Kier molecular flexibility index (Phi) is 5.52. The molecule has 0 aliphatic rings. The quantitative estimate of drug-likeness (QED) is 0.814. The van der Waals surface area contributed by atoms with Gasteiger partial charge in [-0.25, -0.2) is 12.8 Å². The highest BCUT2D eigenvalue weighted by Gasteiger charge is 2.15. The molecule has 2 aromatic carbocycles. The fourth-order valence-corrected chi connectivity index (χ4v) is 2.85. The second-order valence-corrected chi connectivity index (χ2v) is 6.91. The number of hydrogen-bond donors (Lipinski definition) is 0. The molecule has 0 amide bonds. The molecule has 0 spiro atoms. The zero-order chi connectivity index (χ0) is 16.9. The summed E-state index contributed by atoms with van der Waals surface area (Å²) in [7, 11) is -0.757. The predicted octanol–water partition coefficient (Wildman–Crippen LogP) is 3.27. The average molecular weight is 335 g/mol. The monoisotopic (exact) mass is 335 g/mol. The zero-order valence-corrected chi connectivity index (χ0v) is 13.8. The Morgan fingerprint density at radius 1 is 1.17 bits per heavy atom. The summed E-state index contributed by atoms with van der Waals surface area (Å²) in [4.78, 5) is 0. The van der Waals surface area contributed by atoms with Crippen LogP contribution in [0.4, 0.5) is 4.39 Å². The van der Waals surface area contributed by atoms with E-state index in [1.807, 2.05) is 30.3 Å². The molecule has 0 saturated carbocycles. The minimum Gasteiger partial charge on any atom is -0.494 e. The van der Waals surface area contributed by atoms with Crippen molar-refractivity contribution in [2.75, 3.05) is 14.2 Å². The van der Waals surface area contributed by atoms with Gasteiger partial charge in [-0.15, -0.1) is 0 Å². The Balaban J connectivity index is 2.11. The van der Waals surface area contributed by atoms with Crippen molar-refractivity contribution in [2.45, 2.75) is 6.54 Å². The van der Waals surface area contributed by atoms with Gasteiger partial charge in [0.2, 0.25) is 10.0 Å². The molecule has 2 aromatic rings. The lowest BCUT2D eigenvalue weighted by Gasteiger charge is -2.15. The molecule has 0 aliphatic heterocycles. The molecule has 0 unspecified atom stereocenters. The van der Waals surface area contributed by atoms with Gasteiger partial charge in [-0.3, -0.25) is 0 Å². The Bertz CT molecular complexity index is 789. The molecule has 0 heterocycles. The molecule has 0 fully saturated rings. The Morgan fingerprint density at radius 3 is 2.48 bits per heavy atom. The van der Waals surface area contributed by atoms with Crippen LogP contribution in [0.3, 0.4) is 0 Å². The summed E-state index contributed by atoms with van der Waals surface area (Å²) < 4.78 is 44.1. The molecule has 0 aromatic heterocycles. The lowest BCUT2D eigenvalue weighted by Crippen LogP contribution is -2.24. The number of benzene rings is 2. The van der Waals surface area contributed by atoms with Crippen LogP contribution < -0.4 is 4.74 Å². The third-order valence-corrected chi connectivity index (χ3v) is 4.77. The lowest BCUT2D eigenvalue weighted by atomic mass is 10.2. The summed E-state index contributed by atoms with van der Waals surface area (Å²) in [5.74, 6) is -0.390. The van der Waals surface area contributed by atoms with E-state index in [4.69, 9.17) is 4.74 Å². The van der Waals surface area contributed by atoms with E-state index in [0.717, 1.165) is 15.3 Å². The second kappa shape index (κ2) is 7.39. The predicted molar refractivity (Wildman–Crippen MR) is 88.8 cm³/mol. The molecule has 0 N–H and O–H groups in total. The highest BCUT2D eigenvalue weighted by Crippen LogP contribution is 2.19. The maximum absolute atomic E-state index is 13.7. The van der Waals surface area contributed by atoms with Crippen LogP contribution in [-0.2, 0) is 16.6 Å². The van der Waals surface area contributed by atoms with Crippen molar-refractivity contribution in [3.8, 4) is 5.75 Å². The number of methoxy groups -OCH3 is 1. The molecule has 0 saturated heterocycles. The van der Waals surface area contributed by atoms with E-state index in [9.17, 15) is 12.8 Å².